The predicted octanol–water partition coefficient (Wildman–Crippen LogP) is 4.33. The van der Waals surface area contributed by atoms with Gasteiger partial charge in [0.25, 0.3) is 5.91 Å². The molecule has 6 nitrogen and oxygen atoms in total. The topological polar surface area (TPSA) is 70.7 Å². The Morgan fingerprint density at radius 3 is 2.44 bits per heavy atom. The van der Waals surface area contributed by atoms with Gasteiger partial charge in [-0.25, -0.2) is 0 Å². The Labute approximate surface area is 209 Å². The highest BCUT2D eigenvalue weighted by Gasteiger charge is 2.38. The highest BCUT2D eigenvalue weighted by atomic mass is 19.4. The lowest BCUT2D eigenvalue weighted by Crippen LogP contribution is -2.40. The molecule has 9 heteroatoms. The molecule has 4 rings (SSSR count). The minimum atomic E-state index is -4.96. The molecule has 36 heavy (non-hydrogen) atoms. The van der Waals surface area contributed by atoms with Gasteiger partial charge in [-0.2, -0.15) is 13.2 Å². The zero-order chi connectivity index (χ0) is 25.7. The third-order valence-corrected chi connectivity index (χ3v) is 7.09. The summed E-state index contributed by atoms with van der Waals surface area (Å²) in [6.07, 6.45) is -0.254. The Morgan fingerprint density at radius 2 is 1.75 bits per heavy atom. The number of carbonyl (C=O) groups is 2. The lowest BCUT2D eigenvalue weighted by atomic mass is 9.86. The number of alkyl halides is 3. The maximum atomic E-state index is 13.0. The van der Waals surface area contributed by atoms with E-state index in [1.54, 1.807) is 17.3 Å². The number of likely N-dealkylation sites (N-methyl/N-ethyl adjacent to an activating group) is 1. The number of amides is 2. The van der Waals surface area contributed by atoms with E-state index in [-0.39, 0.29) is 17.6 Å². The van der Waals surface area contributed by atoms with Crippen molar-refractivity contribution in [3.05, 3.63) is 64.7 Å². The van der Waals surface area contributed by atoms with Gasteiger partial charge in [-0.05, 0) is 85.5 Å². The Morgan fingerprint density at radius 1 is 1.03 bits per heavy atom. The highest BCUT2D eigenvalue weighted by Crippen LogP contribution is 2.27. The minimum absolute atomic E-state index is 0.0128. The summed E-state index contributed by atoms with van der Waals surface area (Å²) in [5, 5.41) is 5.36. The fourth-order valence-electron chi connectivity index (χ4n) is 4.87. The molecule has 1 heterocycles. The third-order valence-electron chi connectivity index (χ3n) is 7.09. The van der Waals surface area contributed by atoms with Gasteiger partial charge in [0.05, 0.1) is 0 Å². The summed E-state index contributed by atoms with van der Waals surface area (Å²) in [4.78, 5) is 25.8. The molecule has 1 atom stereocenters. The van der Waals surface area contributed by atoms with E-state index < -0.39 is 12.1 Å². The molecule has 1 aliphatic carbocycles. The second-order valence-corrected chi connectivity index (χ2v) is 9.63. The summed E-state index contributed by atoms with van der Waals surface area (Å²) in [6.45, 7) is 3.56. The molecule has 1 saturated heterocycles. The standard InChI is InChI=1S/C27H32F3N3O3/c1-33(25(34)20-4-7-23(8-5-20)32-26(35)27(28,29)30)24-9-6-21-14-19(2-3-22(21)15-24)17-31-16-18-10-12-36-13-11-18/h2-5,7-8,14,18,24,31H,6,9-13,15-17H2,1H3,(H,32,35). The molecule has 194 valence electrons. The smallest absolute Gasteiger partial charge is 0.381 e. The van der Waals surface area contributed by atoms with E-state index in [2.05, 4.69) is 23.5 Å². The molecule has 0 aromatic heterocycles. The van der Waals surface area contributed by atoms with Crippen molar-refractivity contribution in [1.29, 1.82) is 0 Å². The minimum Gasteiger partial charge on any atom is -0.381 e. The number of rotatable bonds is 7. The van der Waals surface area contributed by atoms with Gasteiger partial charge in [0.1, 0.15) is 0 Å². The second-order valence-electron chi connectivity index (χ2n) is 9.63. The van der Waals surface area contributed by atoms with E-state index in [1.807, 2.05) is 0 Å². The summed E-state index contributed by atoms with van der Waals surface area (Å²) >= 11 is 0. The molecule has 2 N–H and O–H groups in total. The van der Waals surface area contributed by atoms with Crippen molar-refractivity contribution in [3.8, 4) is 0 Å². The summed E-state index contributed by atoms with van der Waals surface area (Å²) in [6, 6.07) is 12.1. The van der Waals surface area contributed by atoms with Gasteiger partial charge < -0.3 is 20.3 Å². The van der Waals surface area contributed by atoms with Crippen molar-refractivity contribution >= 4 is 17.5 Å². The quantitative estimate of drug-likeness (QED) is 0.590. The zero-order valence-electron chi connectivity index (χ0n) is 20.4. The molecule has 1 unspecified atom stereocenters. The maximum Gasteiger partial charge on any atom is 0.471 e. The van der Waals surface area contributed by atoms with Gasteiger partial charge in [-0.15, -0.1) is 0 Å². The number of fused-ring (bicyclic) bond motifs is 1. The van der Waals surface area contributed by atoms with Crippen LogP contribution in [0.1, 0.15) is 46.3 Å². The monoisotopic (exact) mass is 503 g/mol. The first kappa shape index (κ1) is 26.2. The average molecular weight is 504 g/mol. The van der Waals surface area contributed by atoms with E-state index >= 15 is 0 Å². The summed E-state index contributed by atoms with van der Waals surface area (Å²) in [5.41, 5.74) is 4.17. The number of anilines is 1. The van der Waals surface area contributed by atoms with Crippen LogP contribution in [0.3, 0.4) is 0 Å². The van der Waals surface area contributed by atoms with E-state index in [0.717, 1.165) is 58.4 Å². The molecule has 2 aromatic carbocycles. The number of halogens is 3. The molecular weight excluding hydrogens is 471 g/mol. The number of hydrogen-bond donors (Lipinski definition) is 2. The van der Waals surface area contributed by atoms with Gasteiger partial charge in [0, 0.05) is 44.1 Å². The van der Waals surface area contributed by atoms with Gasteiger partial charge in [0.2, 0.25) is 0 Å². The van der Waals surface area contributed by atoms with Crippen LogP contribution in [0.2, 0.25) is 0 Å². The average Bonchev–Trinajstić information content (AvgIpc) is 2.88. The first-order chi connectivity index (χ1) is 17.2. The second kappa shape index (κ2) is 11.4. The van der Waals surface area contributed by atoms with E-state index in [9.17, 15) is 22.8 Å². The van der Waals surface area contributed by atoms with Crippen LogP contribution >= 0.6 is 0 Å². The van der Waals surface area contributed by atoms with E-state index in [1.165, 1.54) is 41.0 Å². The molecule has 2 amide bonds. The maximum absolute atomic E-state index is 13.0. The van der Waals surface area contributed by atoms with Crippen molar-refractivity contribution in [2.75, 3.05) is 32.1 Å². The van der Waals surface area contributed by atoms with Crippen molar-refractivity contribution in [1.82, 2.24) is 10.2 Å². The Hall–Kier alpha value is -2.91. The van der Waals surface area contributed by atoms with E-state index in [0.29, 0.717) is 11.5 Å². The molecular formula is C27H32F3N3O3. The molecule has 0 bridgehead atoms. The Bertz CT molecular complexity index is 1070. The molecule has 0 saturated carbocycles. The lowest BCUT2D eigenvalue weighted by Gasteiger charge is -2.33. The van der Waals surface area contributed by atoms with Gasteiger partial charge in [-0.3, -0.25) is 9.59 Å². The predicted molar refractivity (Wildman–Crippen MR) is 131 cm³/mol. The van der Waals surface area contributed by atoms with E-state index in [4.69, 9.17) is 4.74 Å². The van der Waals surface area contributed by atoms with Crippen LogP contribution in [0.4, 0.5) is 18.9 Å². The number of nitrogens with one attached hydrogen (secondary N) is 2. The first-order valence-electron chi connectivity index (χ1n) is 12.3. The number of carbonyl (C=O) groups excluding carboxylic acids is 2. The number of benzene rings is 2. The summed E-state index contributed by atoms with van der Waals surface area (Å²) < 4.78 is 42.7. The fourth-order valence-corrected chi connectivity index (χ4v) is 4.87. The van der Waals surface area contributed by atoms with Crippen LogP contribution in [0.5, 0.6) is 0 Å². The highest BCUT2D eigenvalue weighted by molar-refractivity contribution is 5.97. The van der Waals surface area contributed by atoms with Crippen LogP contribution in [-0.2, 0) is 28.9 Å². The Balaban J connectivity index is 1.30. The first-order valence-corrected chi connectivity index (χ1v) is 12.3. The number of aryl methyl sites for hydroxylation is 1. The molecule has 1 fully saturated rings. The number of nitrogens with zero attached hydrogens (tertiary/aromatic N) is 1. The Kier molecular flexibility index (Phi) is 8.31. The van der Waals surface area contributed by atoms with Gasteiger partial charge >= 0.3 is 12.1 Å². The fraction of sp³-hybridized carbons (Fsp3) is 0.481. The van der Waals surface area contributed by atoms with Crippen LogP contribution in [0, 0.1) is 5.92 Å². The molecule has 1 aliphatic heterocycles. The molecule has 2 aliphatic rings. The van der Waals surface area contributed by atoms with Crippen LogP contribution in [0.25, 0.3) is 0 Å². The number of hydrogen-bond acceptors (Lipinski definition) is 4. The van der Waals surface area contributed by atoms with Crippen molar-refractivity contribution < 1.29 is 27.5 Å². The molecule has 0 spiro atoms. The lowest BCUT2D eigenvalue weighted by molar-refractivity contribution is -0.167. The summed E-state index contributed by atoms with van der Waals surface area (Å²) in [7, 11) is 1.76. The summed E-state index contributed by atoms with van der Waals surface area (Å²) in [5.74, 6) is -1.57. The van der Waals surface area contributed by atoms with Crippen LogP contribution < -0.4 is 10.6 Å². The largest absolute Gasteiger partial charge is 0.471 e. The van der Waals surface area contributed by atoms with Crippen LogP contribution in [-0.4, -0.2) is 55.7 Å². The molecule has 0 radical (unpaired) electrons. The SMILES string of the molecule is CN(C(=O)c1ccc(NC(=O)C(F)(F)F)cc1)C1CCc2cc(CNCC3CCOCC3)ccc2C1. The van der Waals surface area contributed by atoms with Crippen molar-refractivity contribution in [2.45, 2.75) is 50.9 Å². The molecule has 2 aromatic rings. The zero-order valence-corrected chi connectivity index (χ0v) is 20.4. The van der Waals surface area contributed by atoms with Crippen molar-refractivity contribution in [3.63, 3.8) is 0 Å². The number of ether oxygens (including phenoxy) is 1. The normalized spacial score (nSPS) is 18.4. The van der Waals surface area contributed by atoms with Gasteiger partial charge in [-0.1, -0.05) is 18.2 Å². The van der Waals surface area contributed by atoms with Crippen molar-refractivity contribution in [2.24, 2.45) is 5.92 Å². The van der Waals surface area contributed by atoms with Gasteiger partial charge in [0.15, 0.2) is 0 Å². The third kappa shape index (κ3) is 6.64. The van der Waals surface area contributed by atoms with Crippen LogP contribution in [0.15, 0.2) is 42.5 Å².